The third-order valence-corrected chi connectivity index (χ3v) is 9.93. The SMILES string of the molecule is CC/C=C\C/C=C\C/C=C\CCCCCC(=O)NC(COP(=O)([O-])OCC[N+](C)(C)C)C(O)/C=C/CC/C=C/CCCCCCCCCCCCCC. The van der Waals surface area contributed by atoms with E-state index in [0.29, 0.717) is 23.9 Å². The first-order chi connectivity index (χ1) is 25.5. The van der Waals surface area contributed by atoms with Crippen LogP contribution >= 0.6 is 7.82 Å². The minimum Gasteiger partial charge on any atom is -0.756 e. The molecule has 0 rings (SSSR count). The molecule has 308 valence electrons. The highest BCUT2D eigenvalue weighted by Gasteiger charge is 2.23. The molecule has 8 nitrogen and oxygen atoms in total. The fourth-order valence-corrected chi connectivity index (χ4v) is 6.32. The molecule has 0 bridgehead atoms. The van der Waals surface area contributed by atoms with Gasteiger partial charge >= 0.3 is 0 Å². The van der Waals surface area contributed by atoms with Crippen molar-refractivity contribution in [2.45, 2.75) is 174 Å². The minimum atomic E-state index is -4.60. The summed E-state index contributed by atoms with van der Waals surface area (Å²) in [5.41, 5.74) is 0. The number of rotatable bonds is 37. The second kappa shape index (κ2) is 35.9. The van der Waals surface area contributed by atoms with Crippen molar-refractivity contribution in [1.29, 1.82) is 0 Å². The van der Waals surface area contributed by atoms with Crippen LogP contribution in [0.15, 0.2) is 60.8 Å². The quantitative estimate of drug-likeness (QED) is 0.0282. The zero-order valence-electron chi connectivity index (χ0n) is 34.7. The Morgan fingerprint density at radius 2 is 1.17 bits per heavy atom. The highest BCUT2D eigenvalue weighted by Crippen LogP contribution is 2.38. The molecule has 0 saturated carbocycles. The van der Waals surface area contributed by atoms with E-state index >= 15 is 0 Å². The van der Waals surface area contributed by atoms with E-state index in [1.54, 1.807) is 6.08 Å². The summed E-state index contributed by atoms with van der Waals surface area (Å²) in [5.74, 6) is -0.240. The number of carbonyl (C=O) groups is 1. The molecule has 1 amide bonds. The van der Waals surface area contributed by atoms with Gasteiger partial charge in [0.25, 0.3) is 7.82 Å². The molecule has 0 aromatic carbocycles. The van der Waals surface area contributed by atoms with E-state index in [2.05, 4.69) is 67.8 Å². The first-order valence-electron chi connectivity index (χ1n) is 21.2. The van der Waals surface area contributed by atoms with Gasteiger partial charge in [0.05, 0.1) is 39.9 Å². The highest BCUT2D eigenvalue weighted by molar-refractivity contribution is 7.45. The summed E-state index contributed by atoms with van der Waals surface area (Å²) in [6.45, 7) is 4.46. The molecule has 3 unspecified atom stereocenters. The van der Waals surface area contributed by atoms with Crippen LogP contribution in [-0.2, 0) is 18.4 Å². The van der Waals surface area contributed by atoms with Crippen LogP contribution in [0, 0.1) is 0 Å². The number of hydrogen-bond donors (Lipinski definition) is 2. The summed E-state index contributed by atoms with van der Waals surface area (Å²) < 4.78 is 23.1. The molecule has 0 radical (unpaired) electrons. The zero-order chi connectivity index (χ0) is 39.3. The van der Waals surface area contributed by atoms with Crippen LogP contribution < -0.4 is 10.2 Å². The normalized spacial score (nSPS) is 15.1. The number of aliphatic hydroxyl groups is 1. The van der Waals surface area contributed by atoms with Crippen molar-refractivity contribution < 1.29 is 32.9 Å². The van der Waals surface area contributed by atoms with Crippen LogP contribution in [0.1, 0.15) is 162 Å². The van der Waals surface area contributed by atoms with Gasteiger partial charge in [-0.1, -0.05) is 152 Å². The second-order valence-corrected chi connectivity index (χ2v) is 16.7. The van der Waals surface area contributed by atoms with Gasteiger partial charge in [-0.2, -0.15) is 0 Å². The van der Waals surface area contributed by atoms with Crippen molar-refractivity contribution >= 4 is 13.7 Å². The van der Waals surface area contributed by atoms with Crippen molar-refractivity contribution in [3.05, 3.63) is 60.8 Å². The largest absolute Gasteiger partial charge is 0.756 e. The molecular formula is C44H81N2O6P. The van der Waals surface area contributed by atoms with Crippen molar-refractivity contribution in [1.82, 2.24) is 5.32 Å². The first kappa shape index (κ1) is 51.2. The Balaban J connectivity index is 4.56. The van der Waals surface area contributed by atoms with E-state index in [1.807, 2.05) is 27.2 Å². The summed E-state index contributed by atoms with van der Waals surface area (Å²) in [4.78, 5) is 25.2. The molecule has 0 aliphatic heterocycles. The number of phosphoric acid groups is 1. The van der Waals surface area contributed by atoms with Crippen molar-refractivity contribution in [3.8, 4) is 0 Å². The number of likely N-dealkylation sites (N-methyl/N-ethyl adjacent to an activating group) is 1. The molecule has 53 heavy (non-hydrogen) atoms. The van der Waals surface area contributed by atoms with Crippen molar-refractivity contribution in [2.24, 2.45) is 0 Å². The van der Waals surface area contributed by atoms with E-state index in [4.69, 9.17) is 9.05 Å². The van der Waals surface area contributed by atoms with Gasteiger partial charge < -0.3 is 28.8 Å². The van der Waals surface area contributed by atoms with E-state index in [1.165, 1.54) is 77.0 Å². The van der Waals surface area contributed by atoms with Gasteiger partial charge in [0.15, 0.2) is 0 Å². The first-order valence-corrected chi connectivity index (χ1v) is 22.6. The number of unbranched alkanes of at least 4 members (excludes halogenated alkanes) is 16. The van der Waals surface area contributed by atoms with Crippen LogP contribution in [0.5, 0.6) is 0 Å². The third-order valence-electron chi connectivity index (χ3n) is 8.96. The Hall–Kier alpha value is -1.80. The number of nitrogens with one attached hydrogen (secondary N) is 1. The Morgan fingerprint density at radius 3 is 1.75 bits per heavy atom. The summed E-state index contributed by atoms with van der Waals surface area (Å²) in [6.07, 6.45) is 45.6. The zero-order valence-corrected chi connectivity index (χ0v) is 35.6. The van der Waals surface area contributed by atoms with Crippen LogP contribution in [0.25, 0.3) is 0 Å². The lowest BCUT2D eigenvalue weighted by molar-refractivity contribution is -0.870. The average Bonchev–Trinajstić information content (AvgIpc) is 3.10. The van der Waals surface area contributed by atoms with Gasteiger partial charge in [-0.3, -0.25) is 9.36 Å². The molecular weight excluding hydrogens is 683 g/mol. The maximum absolute atomic E-state index is 12.8. The predicted octanol–water partition coefficient (Wildman–Crippen LogP) is 10.8. The lowest BCUT2D eigenvalue weighted by Crippen LogP contribution is -2.45. The Kier molecular flexibility index (Phi) is 34.7. The lowest BCUT2D eigenvalue weighted by atomic mass is 10.0. The van der Waals surface area contributed by atoms with Gasteiger partial charge in [-0.05, 0) is 64.2 Å². The monoisotopic (exact) mass is 765 g/mol. The fourth-order valence-electron chi connectivity index (χ4n) is 5.59. The highest BCUT2D eigenvalue weighted by atomic mass is 31.2. The number of nitrogens with zero attached hydrogens (tertiary/aromatic N) is 1. The summed E-state index contributed by atoms with van der Waals surface area (Å²) >= 11 is 0. The van der Waals surface area contributed by atoms with E-state index in [9.17, 15) is 19.4 Å². The van der Waals surface area contributed by atoms with Gasteiger partial charge in [0.2, 0.25) is 5.91 Å². The maximum atomic E-state index is 12.8. The molecule has 0 aromatic rings. The molecule has 0 aliphatic rings. The van der Waals surface area contributed by atoms with Crippen LogP contribution in [-0.4, -0.2) is 68.5 Å². The van der Waals surface area contributed by atoms with Gasteiger partial charge in [0.1, 0.15) is 13.2 Å². The summed E-state index contributed by atoms with van der Waals surface area (Å²) in [6, 6.07) is -0.919. The number of carbonyl (C=O) groups excluding carboxylic acids is 1. The molecule has 0 heterocycles. The van der Waals surface area contributed by atoms with E-state index < -0.39 is 26.6 Å². The lowest BCUT2D eigenvalue weighted by Gasteiger charge is -2.29. The number of quaternary nitrogens is 1. The topological polar surface area (TPSA) is 108 Å². The van der Waals surface area contributed by atoms with Gasteiger partial charge in [0, 0.05) is 6.42 Å². The number of amides is 1. The van der Waals surface area contributed by atoms with E-state index in [0.717, 1.165) is 57.8 Å². The Labute approximate surface area is 326 Å². The van der Waals surface area contributed by atoms with Crippen LogP contribution in [0.4, 0.5) is 0 Å². The summed E-state index contributed by atoms with van der Waals surface area (Å²) in [7, 11) is 1.21. The van der Waals surface area contributed by atoms with Gasteiger partial charge in [-0.25, -0.2) is 0 Å². The van der Waals surface area contributed by atoms with Crippen molar-refractivity contribution in [2.75, 3.05) is 40.9 Å². The smallest absolute Gasteiger partial charge is 0.268 e. The maximum Gasteiger partial charge on any atom is 0.268 e. The second-order valence-electron chi connectivity index (χ2n) is 15.3. The number of allylic oxidation sites excluding steroid dienone is 9. The third kappa shape index (κ3) is 38.3. The predicted molar refractivity (Wildman–Crippen MR) is 224 cm³/mol. The molecule has 0 saturated heterocycles. The molecule has 2 N–H and O–H groups in total. The fraction of sp³-hybridized carbons (Fsp3) is 0.750. The molecule has 0 aliphatic carbocycles. The minimum absolute atomic E-state index is 0.0148. The number of phosphoric ester groups is 1. The van der Waals surface area contributed by atoms with Crippen LogP contribution in [0.2, 0.25) is 0 Å². The summed E-state index contributed by atoms with van der Waals surface area (Å²) in [5, 5.41) is 13.7. The van der Waals surface area contributed by atoms with E-state index in [-0.39, 0.29) is 12.5 Å². The number of hydrogen-bond acceptors (Lipinski definition) is 6. The standard InChI is InChI=1S/C44H81N2O6P/c1-6-8-10-12-14-16-18-20-21-22-23-24-26-27-29-31-33-35-37-43(47)42(41-52-53(49,50)51-40-39-46(3,4)5)45-44(48)38-36-34-32-30-28-25-19-17-15-13-11-9-7-2/h9,11,15,17,25,27-29,35,37,42-43,47H,6-8,10,12-14,16,18-24,26,30-34,36,38-41H2,1-5H3,(H-,45,48,49,50)/b11-9-,17-15-,28-25-,29-27+,37-35+. The molecule has 9 heteroatoms. The molecule has 0 fully saturated rings. The van der Waals surface area contributed by atoms with Crippen LogP contribution in [0.3, 0.4) is 0 Å². The Bertz CT molecular complexity index is 1050. The number of aliphatic hydroxyl groups excluding tert-OH is 1. The average molecular weight is 765 g/mol. The molecule has 0 spiro atoms. The Morgan fingerprint density at radius 1 is 0.679 bits per heavy atom. The van der Waals surface area contributed by atoms with Crippen molar-refractivity contribution in [3.63, 3.8) is 0 Å². The molecule has 0 aromatic heterocycles. The molecule has 3 atom stereocenters. The van der Waals surface area contributed by atoms with Gasteiger partial charge in [-0.15, -0.1) is 0 Å².